The number of aromatic hydroxyl groups is 2. The Labute approximate surface area is 338 Å². The number of para-hydroxylation sites is 4. The maximum absolute atomic E-state index is 12.1. The number of fused-ring (bicyclic) bond motifs is 6. The lowest BCUT2D eigenvalue weighted by molar-refractivity contribution is 0.487. The molecule has 0 aliphatic carbocycles. The molecule has 292 valence electrons. The zero-order valence-electron chi connectivity index (χ0n) is 35.0. The molecule has 2 N–H and O–H groups in total. The second-order valence-electron chi connectivity index (χ2n) is 19.1. The van der Waals surface area contributed by atoms with E-state index in [2.05, 4.69) is 106 Å². The van der Waals surface area contributed by atoms with E-state index in [1.165, 1.54) is 0 Å². The summed E-state index contributed by atoms with van der Waals surface area (Å²) in [5, 5.41) is 28.1. The average molecular weight is 767 g/mol. The summed E-state index contributed by atoms with van der Waals surface area (Å²) in [4.78, 5) is 10.2. The predicted molar refractivity (Wildman–Crippen MR) is 238 cm³/mol. The minimum atomic E-state index is -0.495. The van der Waals surface area contributed by atoms with Gasteiger partial charge in [0.05, 0.1) is 0 Å². The van der Waals surface area contributed by atoms with E-state index in [0.717, 1.165) is 44.2 Å². The molecule has 0 unspecified atom stereocenters. The van der Waals surface area contributed by atoms with Gasteiger partial charge in [-0.1, -0.05) is 142 Å². The molecule has 6 aromatic carbocycles. The normalized spacial score (nSPS) is 14.8. The molecule has 0 saturated carbocycles. The molecule has 1 aromatic heterocycles. The van der Waals surface area contributed by atoms with Crippen molar-refractivity contribution in [3.05, 3.63) is 143 Å². The molecule has 6 nitrogen and oxygen atoms in total. The van der Waals surface area contributed by atoms with Crippen LogP contribution in [0.15, 0.2) is 118 Å². The monoisotopic (exact) mass is 766 g/mol. The fourth-order valence-corrected chi connectivity index (χ4v) is 8.67. The number of phenols is 2. The molecule has 0 radical (unpaired) electrons. The molecule has 6 heteroatoms. The fraction of sp³-hybridized carbons (Fsp3) is 0.269. The van der Waals surface area contributed by atoms with E-state index in [0.29, 0.717) is 54.9 Å². The Hall–Kier alpha value is -6.14. The van der Waals surface area contributed by atoms with Crippen LogP contribution in [0.4, 0.5) is 0 Å². The maximum atomic E-state index is 12.1. The van der Waals surface area contributed by atoms with Crippen LogP contribution in [0.25, 0.3) is 65.7 Å². The van der Waals surface area contributed by atoms with Gasteiger partial charge in [0.25, 0.3) is 0 Å². The van der Waals surface area contributed by atoms with Gasteiger partial charge in [-0.05, 0) is 46.2 Å². The zero-order valence-corrected chi connectivity index (χ0v) is 35.0. The van der Waals surface area contributed by atoms with Crippen molar-refractivity contribution in [2.24, 2.45) is 0 Å². The number of hydrogen-bond acceptors (Lipinski definition) is 6. The summed E-state index contributed by atoms with van der Waals surface area (Å²) in [5.41, 5.74) is 8.93. The summed E-state index contributed by atoms with van der Waals surface area (Å²) < 4.78 is 14.0. The van der Waals surface area contributed by atoms with Crippen LogP contribution < -0.4 is 0 Å². The average Bonchev–Trinajstić information content (AvgIpc) is 3.16. The van der Waals surface area contributed by atoms with Crippen molar-refractivity contribution in [3.63, 3.8) is 0 Å². The van der Waals surface area contributed by atoms with Crippen molar-refractivity contribution >= 4 is 65.7 Å². The van der Waals surface area contributed by atoms with Crippen molar-refractivity contribution in [1.82, 2.24) is 9.97 Å². The van der Waals surface area contributed by atoms with Gasteiger partial charge in [-0.15, -0.1) is 0 Å². The molecule has 0 fully saturated rings. The first kappa shape index (κ1) is 37.4. The van der Waals surface area contributed by atoms with Gasteiger partial charge < -0.3 is 19.0 Å². The number of nitrogens with zero attached hydrogens (tertiary/aromatic N) is 2. The van der Waals surface area contributed by atoms with Gasteiger partial charge in [0.2, 0.25) is 0 Å². The number of hydrogen-bond donors (Lipinski definition) is 2. The molecule has 2 aliphatic heterocycles. The standard InChI is InChI=1S/C52H50N2O4/c1-49(2,3)31-23-39-47-41(25-31)53-27-29-15-11-17-33(43(29)55)35-19-13-21-37-45(35)57-46-36(20-14-22-38(46)51(37,7)8)34-18-12-16-30(44(34)56)28-54-42-26-32(50(4,5)6)24-40(48(42)58-47)52(39,9)10/h11-28,55-56H,1-10H3. The van der Waals surface area contributed by atoms with Crippen LogP contribution in [0.5, 0.6) is 11.5 Å². The molecule has 0 saturated heterocycles. The summed E-state index contributed by atoms with van der Waals surface area (Å²) in [7, 11) is 0. The minimum Gasteiger partial charge on any atom is -0.507 e. The number of benzene rings is 6. The van der Waals surface area contributed by atoms with E-state index < -0.39 is 10.8 Å². The van der Waals surface area contributed by atoms with Gasteiger partial charge in [0, 0.05) is 77.8 Å². The second-order valence-corrected chi connectivity index (χ2v) is 19.1. The number of aromatic nitrogens is 2. The van der Waals surface area contributed by atoms with Gasteiger partial charge in [-0.25, -0.2) is 0 Å². The van der Waals surface area contributed by atoms with E-state index in [9.17, 15) is 10.2 Å². The Balaban J connectivity index is 1.56. The van der Waals surface area contributed by atoms with E-state index in [-0.39, 0.29) is 22.3 Å². The maximum Gasteiger partial charge on any atom is 0.157 e. The van der Waals surface area contributed by atoms with Gasteiger partial charge in [0.15, 0.2) is 11.2 Å². The molecular weight excluding hydrogens is 717 g/mol. The van der Waals surface area contributed by atoms with Gasteiger partial charge in [0.1, 0.15) is 33.7 Å². The third-order valence-corrected chi connectivity index (χ3v) is 12.4. The summed E-state index contributed by atoms with van der Waals surface area (Å²) in [6.07, 6.45) is 3.46. The highest BCUT2D eigenvalue weighted by Crippen LogP contribution is 2.47. The highest BCUT2D eigenvalue weighted by atomic mass is 16.3. The molecule has 3 heterocycles. The first-order valence-electron chi connectivity index (χ1n) is 20.1. The molecule has 9 rings (SSSR count). The third kappa shape index (κ3) is 5.75. The van der Waals surface area contributed by atoms with Crippen molar-refractivity contribution in [2.45, 2.75) is 90.9 Å². The molecule has 8 bridgehead atoms. The largest absolute Gasteiger partial charge is 0.507 e. The third-order valence-electron chi connectivity index (χ3n) is 12.4. The van der Waals surface area contributed by atoms with Crippen LogP contribution in [0, 0.1) is 0 Å². The zero-order chi connectivity index (χ0) is 41.1. The molecule has 2 aliphatic rings. The van der Waals surface area contributed by atoms with Gasteiger partial charge >= 0.3 is 0 Å². The van der Waals surface area contributed by atoms with E-state index in [1.807, 2.05) is 60.7 Å². The summed E-state index contributed by atoms with van der Waals surface area (Å²) in [5.74, 6) is 0.192. The quantitative estimate of drug-likeness (QED) is 0.160. The van der Waals surface area contributed by atoms with Crippen molar-refractivity contribution in [2.75, 3.05) is 0 Å². The second kappa shape index (κ2) is 12.7. The molecule has 0 spiro atoms. The Morgan fingerprint density at radius 1 is 0.448 bits per heavy atom. The molecular formula is C52H50N2O4. The predicted octanol–water partition coefficient (Wildman–Crippen LogP) is 13.8. The summed E-state index contributed by atoms with van der Waals surface area (Å²) >= 11 is 0. The fourth-order valence-electron chi connectivity index (χ4n) is 8.67. The van der Waals surface area contributed by atoms with Crippen LogP contribution >= 0.6 is 0 Å². The smallest absolute Gasteiger partial charge is 0.157 e. The number of phenolic OH excluding ortho intramolecular Hbond substituents is 2. The molecule has 7 aromatic rings. The van der Waals surface area contributed by atoms with E-state index in [4.69, 9.17) is 18.8 Å². The summed E-state index contributed by atoms with van der Waals surface area (Å²) in [6.45, 7) is 22.1. The first-order chi connectivity index (χ1) is 27.4. The van der Waals surface area contributed by atoms with Crippen LogP contribution in [0.1, 0.15) is 103 Å². The van der Waals surface area contributed by atoms with Gasteiger partial charge in [-0.3, -0.25) is 9.97 Å². The van der Waals surface area contributed by atoms with E-state index in [1.54, 1.807) is 12.4 Å². The molecule has 0 amide bonds. The highest BCUT2D eigenvalue weighted by molar-refractivity contribution is 6.06. The van der Waals surface area contributed by atoms with Gasteiger partial charge in [-0.2, -0.15) is 0 Å². The molecule has 58 heavy (non-hydrogen) atoms. The molecule has 0 atom stereocenters. The van der Waals surface area contributed by atoms with Crippen LogP contribution in [0.3, 0.4) is 0 Å². The lowest BCUT2D eigenvalue weighted by Gasteiger charge is -2.33. The Morgan fingerprint density at radius 3 is 1.22 bits per heavy atom. The van der Waals surface area contributed by atoms with Crippen molar-refractivity contribution in [3.8, 4) is 11.5 Å². The Morgan fingerprint density at radius 2 is 0.810 bits per heavy atom. The van der Waals surface area contributed by atoms with Crippen LogP contribution in [-0.2, 0) is 21.7 Å². The SMILES string of the molecule is CC(C)(C)c1cc2c3oc4c(cc(C(C)(C)C)cc4ncc4cccc(c4O)c4cccc5c4oc4c(cccc4c4cccc(cnc3c1)c4O)C5(C)C)C2(C)C. The van der Waals surface area contributed by atoms with Crippen molar-refractivity contribution < 1.29 is 19.0 Å². The topological polar surface area (TPSA) is 92.5 Å². The lowest BCUT2D eigenvalue weighted by Crippen LogP contribution is -2.25. The van der Waals surface area contributed by atoms with Crippen LogP contribution in [-0.4, -0.2) is 20.2 Å². The number of rotatable bonds is 0. The first-order valence-corrected chi connectivity index (χ1v) is 20.1. The van der Waals surface area contributed by atoms with Crippen molar-refractivity contribution in [1.29, 1.82) is 0 Å². The minimum absolute atomic E-state index is 0.0960. The lowest BCUT2D eigenvalue weighted by atomic mass is 9.72. The van der Waals surface area contributed by atoms with Crippen LogP contribution in [0.2, 0.25) is 0 Å². The highest BCUT2D eigenvalue weighted by Gasteiger charge is 2.36. The Bertz CT molecular complexity index is 2960. The summed E-state index contributed by atoms with van der Waals surface area (Å²) in [6, 6.07) is 32.3. The van der Waals surface area contributed by atoms with E-state index >= 15 is 0 Å². The Kier molecular flexibility index (Phi) is 8.18.